The van der Waals surface area contributed by atoms with Crippen LogP contribution < -0.4 is 0 Å². The van der Waals surface area contributed by atoms with Crippen LogP contribution >= 0.6 is 0 Å². The van der Waals surface area contributed by atoms with E-state index in [0.717, 1.165) is 19.5 Å². The van der Waals surface area contributed by atoms with Crippen molar-refractivity contribution in [2.75, 3.05) is 26.7 Å². The molecule has 1 aliphatic heterocycles. The van der Waals surface area contributed by atoms with E-state index in [2.05, 4.69) is 4.90 Å². The van der Waals surface area contributed by atoms with Crippen molar-refractivity contribution >= 4 is 5.91 Å². The third-order valence-corrected chi connectivity index (χ3v) is 4.53. The Morgan fingerprint density at radius 1 is 1.33 bits per heavy atom. The Morgan fingerprint density at radius 2 is 2.00 bits per heavy atom. The molecule has 0 bridgehead atoms. The van der Waals surface area contributed by atoms with E-state index in [9.17, 15) is 9.90 Å². The molecule has 1 aliphatic carbocycles. The fourth-order valence-electron chi connectivity index (χ4n) is 3.28. The molecule has 0 radical (unpaired) electrons. The highest BCUT2D eigenvalue weighted by Gasteiger charge is 2.31. The van der Waals surface area contributed by atoms with Crippen molar-refractivity contribution in [3.05, 3.63) is 0 Å². The fraction of sp³-hybridized carbons (Fsp3) is 0.929. The molecule has 2 fully saturated rings. The first-order valence-corrected chi connectivity index (χ1v) is 7.25. The summed E-state index contributed by atoms with van der Waals surface area (Å²) in [6.07, 6.45) is 5.82. The molecule has 0 spiro atoms. The van der Waals surface area contributed by atoms with Gasteiger partial charge >= 0.3 is 0 Å². The predicted octanol–water partition coefficient (Wildman–Crippen LogP) is 1.09. The number of amides is 1. The SMILES string of the molecule is C[C@@H]1C(=O)N(C)CCN1C[C@@H](O)CC1CCCC1. The van der Waals surface area contributed by atoms with Crippen LogP contribution in [-0.4, -0.2) is 59.6 Å². The summed E-state index contributed by atoms with van der Waals surface area (Å²) >= 11 is 0. The van der Waals surface area contributed by atoms with Crippen LogP contribution in [0.3, 0.4) is 0 Å². The molecule has 0 aromatic heterocycles. The third kappa shape index (κ3) is 3.23. The maximum absolute atomic E-state index is 11.9. The van der Waals surface area contributed by atoms with Crippen LogP contribution in [0.2, 0.25) is 0 Å². The van der Waals surface area contributed by atoms with Crippen LogP contribution in [0, 0.1) is 5.92 Å². The number of likely N-dealkylation sites (N-methyl/N-ethyl adjacent to an activating group) is 1. The van der Waals surface area contributed by atoms with Gasteiger partial charge in [0.25, 0.3) is 0 Å². The number of carbonyl (C=O) groups is 1. The number of aliphatic hydroxyl groups is 1. The lowest BCUT2D eigenvalue weighted by Crippen LogP contribution is -2.56. The summed E-state index contributed by atoms with van der Waals surface area (Å²) < 4.78 is 0. The summed E-state index contributed by atoms with van der Waals surface area (Å²) in [5.74, 6) is 0.882. The molecule has 4 nitrogen and oxygen atoms in total. The largest absolute Gasteiger partial charge is 0.392 e. The molecule has 1 saturated heterocycles. The molecule has 1 heterocycles. The second-order valence-electron chi connectivity index (χ2n) is 5.97. The number of β-amino-alcohol motifs (C(OH)–C–C–N with tert-alkyl or cyclic N) is 1. The molecule has 18 heavy (non-hydrogen) atoms. The van der Waals surface area contributed by atoms with Gasteiger partial charge < -0.3 is 10.0 Å². The van der Waals surface area contributed by atoms with Gasteiger partial charge in [-0.3, -0.25) is 9.69 Å². The highest BCUT2D eigenvalue weighted by molar-refractivity contribution is 5.81. The quantitative estimate of drug-likeness (QED) is 0.817. The van der Waals surface area contributed by atoms with Crippen LogP contribution in [0.4, 0.5) is 0 Å². The van der Waals surface area contributed by atoms with Gasteiger partial charge in [0.05, 0.1) is 12.1 Å². The van der Waals surface area contributed by atoms with Gasteiger partial charge in [-0.2, -0.15) is 0 Å². The van der Waals surface area contributed by atoms with E-state index in [1.165, 1.54) is 25.7 Å². The van der Waals surface area contributed by atoms with Crippen LogP contribution in [0.1, 0.15) is 39.0 Å². The summed E-state index contributed by atoms with van der Waals surface area (Å²) in [5.41, 5.74) is 0. The van der Waals surface area contributed by atoms with E-state index in [-0.39, 0.29) is 18.1 Å². The molecule has 1 N–H and O–H groups in total. The normalized spacial score (nSPS) is 28.9. The second-order valence-corrected chi connectivity index (χ2v) is 5.97. The van der Waals surface area contributed by atoms with E-state index in [0.29, 0.717) is 12.5 Å². The molecule has 0 unspecified atom stereocenters. The zero-order chi connectivity index (χ0) is 13.1. The Hall–Kier alpha value is -0.610. The number of hydrogen-bond acceptors (Lipinski definition) is 3. The van der Waals surface area contributed by atoms with Crippen molar-refractivity contribution in [2.45, 2.75) is 51.2 Å². The van der Waals surface area contributed by atoms with Gasteiger partial charge in [-0.05, 0) is 19.3 Å². The number of carbonyl (C=O) groups excluding carboxylic acids is 1. The minimum atomic E-state index is -0.272. The minimum Gasteiger partial charge on any atom is -0.392 e. The van der Waals surface area contributed by atoms with Crippen molar-refractivity contribution in [1.29, 1.82) is 0 Å². The zero-order valence-corrected chi connectivity index (χ0v) is 11.6. The van der Waals surface area contributed by atoms with Crippen LogP contribution in [0.25, 0.3) is 0 Å². The molecule has 2 rings (SSSR count). The Kier molecular flexibility index (Phi) is 4.62. The molecule has 0 aromatic rings. The van der Waals surface area contributed by atoms with Crippen LogP contribution in [0.15, 0.2) is 0 Å². The maximum atomic E-state index is 11.9. The minimum absolute atomic E-state index is 0.0815. The van der Waals surface area contributed by atoms with Gasteiger partial charge in [0, 0.05) is 26.7 Å². The van der Waals surface area contributed by atoms with E-state index < -0.39 is 0 Å². The summed E-state index contributed by atoms with van der Waals surface area (Å²) in [5, 5.41) is 10.2. The number of hydrogen-bond donors (Lipinski definition) is 1. The average molecular weight is 254 g/mol. The van der Waals surface area contributed by atoms with Gasteiger partial charge in [-0.25, -0.2) is 0 Å². The molecule has 4 heteroatoms. The van der Waals surface area contributed by atoms with Crippen LogP contribution in [0.5, 0.6) is 0 Å². The lowest BCUT2D eigenvalue weighted by atomic mass is 9.99. The number of aliphatic hydroxyl groups excluding tert-OH is 1. The van der Waals surface area contributed by atoms with Crippen molar-refractivity contribution in [1.82, 2.24) is 9.80 Å². The first-order valence-electron chi connectivity index (χ1n) is 7.25. The Morgan fingerprint density at radius 3 is 2.67 bits per heavy atom. The monoisotopic (exact) mass is 254 g/mol. The summed E-state index contributed by atoms with van der Waals surface area (Å²) in [6, 6.07) is -0.0815. The average Bonchev–Trinajstić information content (AvgIpc) is 2.83. The fourth-order valence-corrected chi connectivity index (χ4v) is 3.28. The van der Waals surface area contributed by atoms with Gasteiger partial charge in [-0.15, -0.1) is 0 Å². The lowest BCUT2D eigenvalue weighted by molar-refractivity contribution is -0.140. The van der Waals surface area contributed by atoms with Crippen molar-refractivity contribution in [2.24, 2.45) is 5.92 Å². The number of piperazine rings is 1. The van der Waals surface area contributed by atoms with E-state index in [1.807, 2.05) is 14.0 Å². The van der Waals surface area contributed by atoms with Gasteiger partial charge in [-0.1, -0.05) is 25.7 Å². The van der Waals surface area contributed by atoms with Gasteiger partial charge in [0.1, 0.15) is 0 Å². The Bertz CT molecular complexity index is 290. The molecule has 2 atom stereocenters. The van der Waals surface area contributed by atoms with Crippen LogP contribution in [-0.2, 0) is 4.79 Å². The molecule has 1 amide bonds. The zero-order valence-electron chi connectivity index (χ0n) is 11.6. The predicted molar refractivity (Wildman–Crippen MR) is 71.3 cm³/mol. The molecule has 2 aliphatic rings. The standard InChI is InChI=1S/C14H26N2O2/c1-11-14(18)15(2)7-8-16(11)10-13(17)9-12-5-3-4-6-12/h11-13,17H,3-10H2,1-2H3/t11-,13+/m1/s1. The first kappa shape index (κ1) is 13.8. The van der Waals surface area contributed by atoms with Crippen molar-refractivity contribution < 1.29 is 9.90 Å². The summed E-state index contributed by atoms with van der Waals surface area (Å²) in [6.45, 7) is 4.25. The first-order chi connectivity index (χ1) is 8.58. The number of rotatable bonds is 4. The Balaban J connectivity index is 1.79. The lowest BCUT2D eigenvalue weighted by Gasteiger charge is -2.38. The highest BCUT2D eigenvalue weighted by Crippen LogP contribution is 2.28. The van der Waals surface area contributed by atoms with Gasteiger partial charge in [0.2, 0.25) is 5.91 Å². The molecule has 104 valence electrons. The van der Waals surface area contributed by atoms with E-state index in [1.54, 1.807) is 4.90 Å². The number of nitrogens with zero attached hydrogens (tertiary/aromatic N) is 2. The molecule has 0 aromatic carbocycles. The summed E-state index contributed by atoms with van der Waals surface area (Å²) in [7, 11) is 1.85. The molecular weight excluding hydrogens is 228 g/mol. The Labute approximate surface area is 110 Å². The van der Waals surface area contributed by atoms with E-state index in [4.69, 9.17) is 0 Å². The molecule has 1 saturated carbocycles. The van der Waals surface area contributed by atoms with Gasteiger partial charge in [0.15, 0.2) is 0 Å². The van der Waals surface area contributed by atoms with Crippen molar-refractivity contribution in [3.8, 4) is 0 Å². The summed E-state index contributed by atoms with van der Waals surface area (Å²) in [4.78, 5) is 15.8. The highest BCUT2D eigenvalue weighted by atomic mass is 16.3. The topological polar surface area (TPSA) is 43.8 Å². The third-order valence-electron chi connectivity index (χ3n) is 4.53. The molecular formula is C14H26N2O2. The smallest absolute Gasteiger partial charge is 0.239 e. The maximum Gasteiger partial charge on any atom is 0.239 e. The van der Waals surface area contributed by atoms with E-state index >= 15 is 0 Å². The van der Waals surface area contributed by atoms with Crippen molar-refractivity contribution in [3.63, 3.8) is 0 Å². The second kappa shape index (κ2) is 6.02.